The lowest BCUT2D eigenvalue weighted by atomic mass is 10.1. The van der Waals surface area contributed by atoms with Crippen LogP contribution < -0.4 is 10.6 Å². The third-order valence-corrected chi connectivity index (χ3v) is 5.50. The van der Waals surface area contributed by atoms with Crippen molar-refractivity contribution in [2.24, 2.45) is 0 Å². The van der Waals surface area contributed by atoms with E-state index < -0.39 is 23.9 Å². The molecule has 2 N–H and O–H groups in total. The molecular weight excluding hydrogens is 437 g/mol. The molecule has 6 nitrogen and oxygen atoms in total. The van der Waals surface area contributed by atoms with Crippen LogP contribution in [0.15, 0.2) is 72.8 Å². The van der Waals surface area contributed by atoms with Crippen LogP contribution in [0, 0.1) is 0 Å². The Bertz CT molecular complexity index is 1130. The monoisotopic (exact) mass is 453 g/mol. The fraction of sp³-hybridized carbons (Fsp3) is 0.0870. The third-order valence-electron chi connectivity index (χ3n) is 4.96. The number of hydrogen-bond acceptors (Lipinski definition) is 3. The van der Waals surface area contributed by atoms with Gasteiger partial charge in [0.1, 0.15) is 0 Å². The number of fused-ring (bicyclic) bond motifs is 1. The maximum absolute atomic E-state index is 13.0. The van der Waals surface area contributed by atoms with Crippen LogP contribution in [-0.2, 0) is 0 Å². The zero-order valence-corrected chi connectivity index (χ0v) is 17.7. The molecule has 0 bridgehead atoms. The Morgan fingerprint density at radius 2 is 1.48 bits per heavy atom. The molecule has 4 rings (SSSR count). The first-order chi connectivity index (χ1) is 15.0. The Morgan fingerprint density at radius 3 is 2.10 bits per heavy atom. The molecule has 1 heterocycles. The van der Waals surface area contributed by atoms with E-state index in [2.05, 4.69) is 10.6 Å². The van der Waals surface area contributed by atoms with Crippen molar-refractivity contribution in [1.29, 1.82) is 0 Å². The molecule has 0 saturated carbocycles. The van der Waals surface area contributed by atoms with E-state index in [4.69, 9.17) is 23.2 Å². The Balaban J connectivity index is 1.55. The van der Waals surface area contributed by atoms with Gasteiger partial charge in [-0.3, -0.25) is 14.5 Å². The summed E-state index contributed by atoms with van der Waals surface area (Å²) in [6, 6.07) is 19.3. The van der Waals surface area contributed by atoms with Gasteiger partial charge >= 0.3 is 6.03 Å². The summed E-state index contributed by atoms with van der Waals surface area (Å²) in [5, 5.41) is 6.12. The van der Waals surface area contributed by atoms with E-state index >= 15 is 0 Å². The molecule has 1 unspecified atom stereocenters. The molecule has 4 amide bonds. The predicted octanol–water partition coefficient (Wildman–Crippen LogP) is 5.15. The van der Waals surface area contributed by atoms with Crippen molar-refractivity contribution >= 4 is 46.7 Å². The molecule has 0 aliphatic carbocycles. The fourth-order valence-corrected chi connectivity index (χ4v) is 3.93. The zero-order chi connectivity index (χ0) is 22.0. The first kappa shape index (κ1) is 20.9. The summed E-state index contributed by atoms with van der Waals surface area (Å²) in [5.74, 6) is -0.783. The van der Waals surface area contributed by atoms with Crippen LogP contribution >= 0.6 is 23.2 Å². The fourth-order valence-electron chi connectivity index (χ4n) is 3.47. The maximum atomic E-state index is 13.0. The lowest BCUT2D eigenvalue weighted by Gasteiger charge is -2.27. The first-order valence-electron chi connectivity index (χ1n) is 9.47. The molecule has 0 fully saturated rings. The van der Waals surface area contributed by atoms with Crippen LogP contribution in [0.2, 0.25) is 10.0 Å². The minimum atomic E-state index is -0.681. The van der Waals surface area contributed by atoms with Crippen molar-refractivity contribution in [1.82, 2.24) is 10.2 Å². The molecule has 0 aromatic heterocycles. The number of benzene rings is 3. The molecule has 8 heteroatoms. The van der Waals surface area contributed by atoms with Gasteiger partial charge < -0.3 is 10.6 Å². The molecule has 0 saturated heterocycles. The highest BCUT2D eigenvalue weighted by Gasteiger charge is 2.40. The second-order valence-electron chi connectivity index (χ2n) is 6.91. The number of rotatable bonds is 5. The second kappa shape index (κ2) is 8.79. The highest BCUT2D eigenvalue weighted by atomic mass is 35.5. The Hall–Kier alpha value is -3.35. The van der Waals surface area contributed by atoms with Gasteiger partial charge in [0, 0.05) is 11.6 Å². The molecule has 0 spiro atoms. The number of anilines is 1. The van der Waals surface area contributed by atoms with E-state index in [1.165, 1.54) is 11.0 Å². The van der Waals surface area contributed by atoms with E-state index in [9.17, 15) is 14.4 Å². The summed E-state index contributed by atoms with van der Waals surface area (Å²) in [6.07, 6.45) is 0. The standard InChI is InChI=1S/C23H17Cl2N3O3/c24-15-10-11-19(18(25)12-15)27-23(31)26-13-20(14-6-2-1-3-7-14)28-21(29)16-8-4-5-9-17(16)22(28)30/h1-12,20H,13H2,(H2,26,27,31). The van der Waals surface area contributed by atoms with Crippen LogP contribution in [0.4, 0.5) is 10.5 Å². The highest BCUT2D eigenvalue weighted by Crippen LogP contribution is 2.31. The first-order valence-corrected chi connectivity index (χ1v) is 10.2. The number of hydrogen-bond donors (Lipinski definition) is 2. The predicted molar refractivity (Wildman–Crippen MR) is 120 cm³/mol. The van der Waals surface area contributed by atoms with Crippen molar-refractivity contribution in [3.63, 3.8) is 0 Å². The number of carbonyl (C=O) groups excluding carboxylic acids is 3. The molecule has 3 aromatic carbocycles. The van der Waals surface area contributed by atoms with Crippen LogP contribution in [0.25, 0.3) is 0 Å². The molecular formula is C23H17Cl2N3O3. The van der Waals surface area contributed by atoms with Gasteiger partial charge in [0.2, 0.25) is 0 Å². The Kier molecular flexibility index (Phi) is 5.93. The van der Waals surface area contributed by atoms with E-state index in [1.807, 2.05) is 30.3 Å². The van der Waals surface area contributed by atoms with E-state index in [0.29, 0.717) is 26.9 Å². The molecule has 156 valence electrons. The number of urea groups is 1. The van der Waals surface area contributed by atoms with E-state index in [1.54, 1.807) is 36.4 Å². The van der Waals surface area contributed by atoms with Crippen molar-refractivity contribution in [3.05, 3.63) is 99.5 Å². The van der Waals surface area contributed by atoms with Gasteiger partial charge in [-0.15, -0.1) is 0 Å². The van der Waals surface area contributed by atoms with Gasteiger partial charge in [0.05, 0.1) is 27.9 Å². The molecule has 1 atom stereocenters. The number of halogens is 2. The quantitative estimate of drug-likeness (QED) is 0.524. The normalized spacial score (nSPS) is 13.7. The van der Waals surface area contributed by atoms with Crippen molar-refractivity contribution in [2.75, 3.05) is 11.9 Å². The van der Waals surface area contributed by atoms with Gasteiger partial charge in [0.15, 0.2) is 0 Å². The molecule has 3 aromatic rings. The van der Waals surface area contributed by atoms with Crippen molar-refractivity contribution in [2.45, 2.75) is 6.04 Å². The average molecular weight is 454 g/mol. The van der Waals surface area contributed by atoms with Gasteiger partial charge in [-0.25, -0.2) is 4.79 Å². The van der Waals surface area contributed by atoms with Gasteiger partial charge in [-0.2, -0.15) is 0 Å². The smallest absolute Gasteiger partial charge is 0.319 e. The topological polar surface area (TPSA) is 78.5 Å². The van der Waals surface area contributed by atoms with Crippen molar-refractivity contribution in [3.8, 4) is 0 Å². The van der Waals surface area contributed by atoms with Gasteiger partial charge in [-0.05, 0) is 35.9 Å². The van der Waals surface area contributed by atoms with E-state index in [0.717, 1.165) is 5.56 Å². The van der Waals surface area contributed by atoms with Crippen LogP contribution in [-0.4, -0.2) is 29.3 Å². The summed E-state index contributed by atoms with van der Waals surface area (Å²) in [6.45, 7) is 0.0204. The highest BCUT2D eigenvalue weighted by molar-refractivity contribution is 6.36. The average Bonchev–Trinajstić information content (AvgIpc) is 3.02. The minimum absolute atomic E-state index is 0.0204. The van der Waals surface area contributed by atoms with E-state index in [-0.39, 0.29) is 6.54 Å². The summed E-state index contributed by atoms with van der Waals surface area (Å²) in [5.41, 5.74) is 1.82. The lowest BCUT2D eigenvalue weighted by molar-refractivity contribution is 0.0582. The van der Waals surface area contributed by atoms with Crippen LogP contribution in [0.5, 0.6) is 0 Å². The van der Waals surface area contributed by atoms with Crippen molar-refractivity contribution < 1.29 is 14.4 Å². The second-order valence-corrected chi connectivity index (χ2v) is 7.76. The summed E-state index contributed by atoms with van der Waals surface area (Å²) < 4.78 is 0. The largest absolute Gasteiger partial charge is 0.335 e. The molecule has 0 radical (unpaired) electrons. The number of nitrogens with one attached hydrogen (secondary N) is 2. The number of imide groups is 1. The zero-order valence-electron chi connectivity index (χ0n) is 16.1. The number of nitrogens with zero attached hydrogens (tertiary/aromatic N) is 1. The van der Waals surface area contributed by atoms with Crippen LogP contribution in [0.3, 0.4) is 0 Å². The van der Waals surface area contributed by atoms with Gasteiger partial charge in [0.25, 0.3) is 11.8 Å². The number of amides is 4. The summed E-state index contributed by atoms with van der Waals surface area (Å²) in [7, 11) is 0. The molecule has 1 aliphatic heterocycles. The lowest BCUT2D eigenvalue weighted by Crippen LogP contribution is -2.42. The molecule has 31 heavy (non-hydrogen) atoms. The summed E-state index contributed by atoms with van der Waals surface area (Å²) in [4.78, 5) is 39.6. The molecule has 1 aliphatic rings. The third kappa shape index (κ3) is 4.26. The maximum Gasteiger partial charge on any atom is 0.319 e. The van der Waals surface area contributed by atoms with Gasteiger partial charge in [-0.1, -0.05) is 65.7 Å². The Labute approximate surface area is 188 Å². The number of carbonyl (C=O) groups is 3. The SMILES string of the molecule is O=C(NCC(c1ccccc1)N1C(=O)c2ccccc2C1=O)Nc1ccc(Cl)cc1Cl. The minimum Gasteiger partial charge on any atom is -0.335 e. The van der Waals surface area contributed by atoms with Crippen LogP contribution in [0.1, 0.15) is 32.3 Å². The summed E-state index contributed by atoms with van der Waals surface area (Å²) >= 11 is 12.0. The Morgan fingerprint density at radius 1 is 0.871 bits per heavy atom.